The second kappa shape index (κ2) is 10.5. The van der Waals surface area contributed by atoms with E-state index in [0.717, 1.165) is 5.75 Å². The Balaban J connectivity index is 1.55. The highest BCUT2D eigenvalue weighted by Gasteiger charge is 2.08. The van der Waals surface area contributed by atoms with Gasteiger partial charge >= 0.3 is 0 Å². The Morgan fingerprint density at radius 2 is 1.69 bits per heavy atom. The fourth-order valence-corrected chi connectivity index (χ4v) is 2.55. The average molecular weight is 372 g/mol. The van der Waals surface area contributed by atoms with Crippen LogP contribution in [0.1, 0.15) is 28.8 Å². The number of aryl methyl sites for hydroxylation is 1. The molecule has 0 saturated carbocycles. The Bertz CT molecular complexity index is 732. The minimum Gasteiger partial charge on any atom is -0.494 e. The molecule has 0 aliphatic rings. The first-order valence-electron chi connectivity index (χ1n) is 8.58. The molecule has 6 heteroatoms. The van der Waals surface area contributed by atoms with Gasteiger partial charge in [-0.25, -0.2) is 0 Å². The third kappa shape index (κ3) is 6.80. The topological polar surface area (TPSA) is 67.4 Å². The molecule has 0 aromatic heterocycles. The maximum absolute atomic E-state index is 12.0. The Morgan fingerprint density at radius 1 is 1.00 bits per heavy atom. The van der Waals surface area contributed by atoms with Gasteiger partial charge in [0.15, 0.2) is 0 Å². The van der Waals surface area contributed by atoms with Crippen LogP contribution >= 0.6 is 12.6 Å². The lowest BCUT2D eigenvalue weighted by atomic mass is 10.2. The van der Waals surface area contributed by atoms with E-state index < -0.39 is 0 Å². The van der Waals surface area contributed by atoms with Crippen molar-refractivity contribution in [2.24, 2.45) is 0 Å². The summed E-state index contributed by atoms with van der Waals surface area (Å²) in [6.45, 7) is 3.27. The third-order valence-corrected chi connectivity index (χ3v) is 4.11. The lowest BCUT2D eigenvalue weighted by Gasteiger charge is -2.09. The first-order chi connectivity index (χ1) is 12.6. The quantitative estimate of drug-likeness (QED) is 0.468. The van der Waals surface area contributed by atoms with Crippen LogP contribution in [0.4, 0.5) is 0 Å². The molecule has 0 spiro atoms. The molecule has 0 atom stereocenters. The van der Waals surface area contributed by atoms with E-state index in [1.165, 1.54) is 5.56 Å². The van der Waals surface area contributed by atoms with Gasteiger partial charge < -0.3 is 15.4 Å². The van der Waals surface area contributed by atoms with Crippen molar-refractivity contribution in [1.29, 1.82) is 0 Å². The molecule has 2 amide bonds. The van der Waals surface area contributed by atoms with Gasteiger partial charge in [0.1, 0.15) is 5.75 Å². The molecule has 26 heavy (non-hydrogen) atoms. The van der Waals surface area contributed by atoms with Gasteiger partial charge in [0, 0.05) is 24.4 Å². The molecule has 2 rings (SSSR count). The van der Waals surface area contributed by atoms with Gasteiger partial charge in [0.05, 0.1) is 12.2 Å². The number of amides is 2. The van der Waals surface area contributed by atoms with Gasteiger partial charge in [0.25, 0.3) is 5.91 Å². The van der Waals surface area contributed by atoms with Crippen LogP contribution in [0, 0.1) is 6.92 Å². The van der Waals surface area contributed by atoms with Gasteiger partial charge in [-0.15, -0.1) is 12.6 Å². The monoisotopic (exact) mass is 372 g/mol. The van der Waals surface area contributed by atoms with Crippen LogP contribution in [-0.2, 0) is 4.79 Å². The summed E-state index contributed by atoms with van der Waals surface area (Å²) in [5, 5.41) is 5.54. The number of thiol groups is 1. The van der Waals surface area contributed by atoms with E-state index in [4.69, 9.17) is 4.74 Å². The molecule has 2 aromatic carbocycles. The molecule has 0 heterocycles. The summed E-state index contributed by atoms with van der Waals surface area (Å²) >= 11 is 4.25. The van der Waals surface area contributed by atoms with Crippen molar-refractivity contribution in [3.63, 3.8) is 0 Å². The van der Waals surface area contributed by atoms with Crippen LogP contribution in [0.2, 0.25) is 0 Å². The number of nitrogens with one attached hydrogen (secondary N) is 2. The van der Waals surface area contributed by atoms with E-state index in [9.17, 15) is 9.59 Å². The summed E-state index contributed by atoms with van der Waals surface area (Å²) in [6, 6.07) is 14.9. The third-order valence-electron chi connectivity index (χ3n) is 3.72. The normalized spacial score (nSPS) is 10.2. The SMILES string of the molecule is Cc1ccc(OCCCC(=O)NCCNC(=O)c2ccccc2S)cc1. The zero-order valence-electron chi connectivity index (χ0n) is 14.8. The van der Waals surface area contributed by atoms with Crippen molar-refractivity contribution in [3.05, 3.63) is 59.7 Å². The van der Waals surface area contributed by atoms with Crippen LogP contribution in [0.3, 0.4) is 0 Å². The summed E-state index contributed by atoms with van der Waals surface area (Å²) in [7, 11) is 0. The average Bonchev–Trinajstić information content (AvgIpc) is 2.64. The second-order valence-electron chi connectivity index (χ2n) is 5.89. The lowest BCUT2D eigenvalue weighted by Crippen LogP contribution is -2.34. The van der Waals surface area contributed by atoms with Crippen LogP contribution in [0.5, 0.6) is 5.75 Å². The summed E-state index contributed by atoms with van der Waals surface area (Å²) in [4.78, 5) is 24.4. The van der Waals surface area contributed by atoms with Crippen LogP contribution < -0.4 is 15.4 Å². The van der Waals surface area contributed by atoms with Gasteiger partial charge in [-0.2, -0.15) is 0 Å². The highest BCUT2D eigenvalue weighted by atomic mass is 32.1. The van der Waals surface area contributed by atoms with Crippen LogP contribution in [0.25, 0.3) is 0 Å². The second-order valence-corrected chi connectivity index (χ2v) is 6.37. The Kier molecular flexibility index (Phi) is 8.02. The van der Waals surface area contributed by atoms with Crippen molar-refractivity contribution in [3.8, 4) is 5.75 Å². The minimum atomic E-state index is -0.198. The summed E-state index contributed by atoms with van der Waals surface area (Å²) in [5.41, 5.74) is 1.71. The molecule has 2 N–H and O–H groups in total. The van der Waals surface area contributed by atoms with Crippen LogP contribution in [0.15, 0.2) is 53.4 Å². The molecule has 138 valence electrons. The van der Waals surface area contributed by atoms with Gasteiger partial charge in [-0.05, 0) is 37.6 Å². The number of rotatable bonds is 9. The van der Waals surface area contributed by atoms with Gasteiger partial charge in [-0.3, -0.25) is 9.59 Å². The zero-order chi connectivity index (χ0) is 18.8. The van der Waals surface area contributed by atoms with Gasteiger partial charge in [0.2, 0.25) is 5.91 Å². The number of hydrogen-bond acceptors (Lipinski definition) is 4. The smallest absolute Gasteiger partial charge is 0.252 e. The molecule has 0 radical (unpaired) electrons. The van der Waals surface area contributed by atoms with Crippen molar-refractivity contribution in [2.75, 3.05) is 19.7 Å². The summed E-state index contributed by atoms with van der Waals surface area (Å²) in [6.07, 6.45) is 1.03. The lowest BCUT2D eigenvalue weighted by molar-refractivity contribution is -0.121. The maximum Gasteiger partial charge on any atom is 0.252 e. The highest BCUT2D eigenvalue weighted by molar-refractivity contribution is 7.80. The summed E-state index contributed by atoms with van der Waals surface area (Å²) < 4.78 is 5.58. The maximum atomic E-state index is 12.0. The zero-order valence-corrected chi connectivity index (χ0v) is 15.7. The Morgan fingerprint density at radius 3 is 2.42 bits per heavy atom. The van der Waals surface area contributed by atoms with E-state index in [-0.39, 0.29) is 11.8 Å². The number of hydrogen-bond donors (Lipinski definition) is 3. The fraction of sp³-hybridized carbons (Fsp3) is 0.300. The minimum absolute atomic E-state index is 0.0543. The van der Waals surface area contributed by atoms with Crippen molar-refractivity contribution in [1.82, 2.24) is 10.6 Å². The summed E-state index contributed by atoms with van der Waals surface area (Å²) in [5.74, 6) is 0.556. The molecule has 0 aliphatic heterocycles. The molecule has 0 bridgehead atoms. The predicted octanol–water partition coefficient (Wildman–Crippen LogP) is 2.99. The molecular weight excluding hydrogens is 348 g/mol. The molecule has 0 saturated heterocycles. The first kappa shape index (κ1) is 19.8. The van der Waals surface area contributed by atoms with E-state index in [1.807, 2.05) is 37.3 Å². The van der Waals surface area contributed by atoms with Crippen molar-refractivity contribution >= 4 is 24.4 Å². The van der Waals surface area contributed by atoms with E-state index in [2.05, 4.69) is 23.3 Å². The van der Waals surface area contributed by atoms with E-state index in [1.54, 1.807) is 18.2 Å². The number of ether oxygens (including phenoxy) is 1. The van der Waals surface area contributed by atoms with E-state index in [0.29, 0.717) is 43.0 Å². The number of carbonyl (C=O) groups is 2. The molecule has 2 aromatic rings. The first-order valence-corrected chi connectivity index (χ1v) is 9.03. The fourth-order valence-electron chi connectivity index (χ4n) is 2.28. The predicted molar refractivity (Wildman–Crippen MR) is 105 cm³/mol. The molecule has 0 fully saturated rings. The van der Waals surface area contributed by atoms with Crippen molar-refractivity contribution in [2.45, 2.75) is 24.7 Å². The van der Waals surface area contributed by atoms with E-state index >= 15 is 0 Å². The molecule has 0 aliphatic carbocycles. The van der Waals surface area contributed by atoms with Crippen LogP contribution in [-0.4, -0.2) is 31.5 Å². The molecular formula is C20H24N2O3S. The standard InChI is InChI=1S/C20H24N2O3S/c1-15-8-10-16(11-9-15)25-14-4-7-19(23)21-12-13-22-20(24)17-5-2-3-6-18(17)26/h2-3,5-6,8-11,26H,4,7,12-14H2,1H3,(H,21,23)(H,22,24). The molecule has 0 unspecified atom stereocenters. The molecule has 5 nitrogen and oxygen atoms in total. The Labute approximate surface area is 159 Å². The highest BCUT2D eigenvalue weighted by Crippen LogP contribution is 2.12. The number of benzene rings is 2. The van der Waals surface area contributed by atoms with Crippen molar-refractivity contribution < 1.29 is 14.3 Å². The number of carbonyl (C=O) groups excluding carboxylic acids is 2. The largest absolute Gasteiger partial charge is 0.494 e. The Hall–Kier alpha value is -2.47. The van der Waals surface area contributed by atoms with Gasteiger partial charge in [-0.1, -0.05) is 29.8 Å².